The van der Waals surface area contributed by atoms with Crippen molar-refractivity contribution in [2.45, 2.75) is 13.0 Å². The number of nitrogens with zero attached hydrogens (tertiary/aromatic N) is 2. The Morgan fingerprint density at radius 2 is 2.08 bits per heavy atom. The number of fused-ring (bicyclic) bond motifs is 1. The number of pyridine rings is 2. The number of amides is 1. The van der Waals surface area contributed by atoms with Gasteiger partial charge in [0.15, 0.2) is 0 Å². The molecule has 24 heavy (non-hydrogen) atoms. The molecular weight excluding hydrogens is 309 g/mol. The molecule has 0 saturated heterocycles. The lowest BCUT2D eigenvalue weighted by Gasteiger charge is -2.25. The lowest BCUT2D eigenvalue weighted by atomic mass is 10.1. The number of halogens is 1. The van der Waals surface area contributed by atoms with Gasteiger partial charge in [-0.2, -0.15) is 0 Å². The van der Waals surface area contributed by atoms with Gasteiger partial charge in [-0.25, -0.2) is 4.39 Å². The van der Waals surface area contributed by atoms with Crippen LogP contribution in [-0.2, 0) is 0 Å². The number of aromatic nitrogens is 2. The van der Waals surface area contributed by atoms with E-state index in [1.54, 1.807) is 25.5 Å². The van der Waals surface area contributed by atoms with E-state index in [9.17, 15) is 14.0 Å². The van der Waals surface area contributed by atoms with E-state index < -0.39 is 11.4 Å². The van der Waals surface area contributed by atoms with E-state index in [1.165, 1.54) is 29.2 Å². The highest BCUT2D eigenvalue weighted by Gasteiger charge is 2.21. The fourth-order valence-corrected chi connectivity index (χ4v) is 2.62. The Kier molecular flexibility index (Phi) is 4.12. The standard InChI is InChI=1S/C18H16FN3O2/c1-11(12-4-3-7-20-10-12)22(2)18(24)15-9-17(23)21-16-8-13(19)5-6-14(15)16/h3-11H,1-2H3,(H,21,23). The molecule has 0 saturated carbocycles. The van der Waals surface area contributed by atoms with Gasteiger partial charge in [-0.1, -0.05) is 6.07 Å². The Labute approximate surface area is 137 Å². The molecule has 0 fully saturated rings. The van der Waals surface area contributed by atoms with Crippen LogP contribution in [-0.4, -0.2) is 27.8 Å². The third-order valence-corrected chi connectivity index (χ3v) is 4.10. The molecule has 0 aliphatic carbocycles. The van der Waals surface area contributed by atoms with Crippen molar-refractivity contribution in [3.63, 3.8) is 0 Å². The monoisotopic (exact) mass is 325 g/mol. The fraction of sp³-hybridized carbons (Fsp3) is 0.167. The maximum atomic E-state index is 13.4. The second kappa shape index (κ2) is 6.23. The summed E-state index contributed by atoms with van der Waals surface area (Å²) in [5.74, 6) is -0.783. The summed E-state index contributed by atoms with van der Waals surface area (Å²) < 4.78 is 13.4. The Morgan fingerprint density at radius 1 is 1.29 bits per heavy atom. The molecule has 5 nitrogen and oxygen atoms in total. The van der Waals surface area contributed by atoms with Crippen LogP contribution in [0.5, 0.6) is 0 Å². The molecule has 1 unspecified atom stereocenters. The number of H-pyrrole nitrogens is 1. The maximum absolute atomic E-state index is 13.4. The smallest absolute Gasteiger partial charge is 0.254 e. The van der Waals surface area contributed by atoms with Gasteiger partial charge < -0.3 is 9.88 Å². The highest BCUT2D eigenvalue weighted by atomic mass is 19.1. The lowest BCUT2D eigenvalue weighted by Crippen LogP contribution is -2.30. The molecule has 0 aliphatic rings. The third kappa shape index (κ3) is 2.90. The number of rotatable bonds is 3. The fourth-order valence-electron chi connectivity index (χ4n) is 2.62. The first kappa shape index (κ1) is 15.9. The summed E-state index contributed by atoms with van der Waals surface area (Å²) in [6.07, 6.45) is 3.36. The van der Waals surface area contributed by atoms with E-state index in [2.05, 4.69) is 9.97 Å². The van der Waals surface area contributed by atoms with E-state index in [0.717, 1.165) is 5.56 Å². The first-order valence-electron chi connectivity index (χ1n) is 7.47. The summed E-state index contributed by atoms with van der Waals surface area (Å²) in [6.45, 7) is 1.88. The molecular formula is C18H16FN3O2. The molecule has 0 bridgehead atoms. The zero-order valence-corrected chi connectivity index (χ0v) is 13.3. The first-order valence-corrected chi connectivity index (χ1v) is 7.47. The number of carbonyl (C=O) groups is 1. The minimum atomic E-state index is -0.472. The minimum Gasteiger partial charge on any atom is -0.335 e. The van der Waals surface area contributed by atoms with Crippen LogP contribution in [0.2, 0.25) is 0 Å². The number of nitrogens with one attached hydrogen (secondary N) is 1. The molecule has 1 aromatic carbocycles. The SMILES string of the molecule is CC(c1cccnc1)N(C)C(=O)c1cc(=O)[nH]c2cc(F)ccc12. The number of aromatic amines is 1. The number of hydrogen-bond acceptors (Lipinski definition) is 3. The van der Waals surface area contributed by atoms with Crippen LogP contribution in [0, 0.1) is 5.82 Å². The van der Waals surface area contributed by atoms with Gasteiger partial charge in [-0.15, -0.1) is 0 Å². The first-order chi connectivity index (χ1) is 11.5. The van der Waals surface area contributed by atoms with Gasteiger partial charge in [0.1, 0.15) is 5.82 Å². The van der Waals surface area contributed by atoms with E-state index in [0.29, 0.717) is 10.9 Å². The summed E-state index contributed by atoms with van der Waals surface area (Å²) in [6, 6.07) is 8.68. The zero-order chi connectivity index (χ0) is 17.3. The van der Waals surface area contributed by atoms with Crippen molar-refractivity contribution in [1.82, 2.24) is 14.9 Å². The molecule has 3 aromatic rings. The minimum absolute atomic E-state index is 0.221. The summed E-state index contributed by atoms with van der Waals surface area (Å²) in [5.41, 5.74) is 0.979. The average molecular weight is 325 g/mol. The molecule has 1 amide bonds. The zero-order valence-electron chi connectivity index (χ0n) is 13.3. The van der Waals surface area contributed by atoms with Gasteiger partial charge in [0, 0.05) is 30.9 Å². The predicted octanol–water partition coefficient (Wildman–Crippen LogP) is 2.90. The number of carbonyl (C=O) groups excluding carboxylic acids is 1. The highest BCUT2D eigenvalue weighted by Crippen LogP contribution is 2.23. The molecule has 2 heterocycles. The Hall–Kier alpha value is -3.02. The second-order valence-corrected chi connectivity index (χ2v) is 5.62. The Morgan fingerprint density at radius 3 is 2.79 bits per heavy atom. The molecule has 122 valence electrons. The van der Waals surface area contributed by atoms with Crippen molar-refractivity contribution in [1.29, 1.82) is 0 Å². The van der Waals surface area contributed by atoms with Crippen molar-refractivity contribution in [2.24, 2.45) is 0 Å². The summed E-state index contributed by atoms with van der Waals surface area (Å²) in [4.78, 5) is 32.8. The molecule has 0 radical (unpaired) electrons. The molecule has 0 spiro atoms. The third-order valence-electron chi connectivity index (χ3n) is 4.10. The van der Waals surface area contributed by atoms with E-state index in [4.69, 9.17) is 0 Å². The van der Waals surface area contributed by atoms with Crippen molar-refractivity contribution < 1.29 is 9.18 Å². The van der Waals surface area contributed by atoms with E-state index >= 15 is 0 Å². The molecule has 0 aliphatic heterocycles. The Bertz CT molecular complexity index is 953. The van der Waals surface area contributed by atoms with E-state index in [-0.39, 0.29) is 17.5 Å². The molecule has 6 heteroatoms. The summed E-state index contributed by atoms with van der Waals surface area (Å²) >= 11 is 0. The van der Waals surface area contributed by atoms with Crippen LogP contribution in [0.25, 0.3) is 10.9 Å². The lowest BCUT2D eigenvalue weighted by molar-refractivity contribution is 0.0744. The number of hydrogen-bond donors (Lipinski definition) is 1. The Balaban J connectivity index is 2.03. The van der Waals surface area contributed by atoms with Crippen molar-refractivity contribution in [3.05, 3.63) is 76.1 Å². The maximum Gasteiger partial charge on any atom is 0.254 e. The molecule has 2 aromatic heterocycles. The van der Waals surface area contributed by atoms with Crippen LogP contribution in [0.15, 0.2) is 53.6 Å². The largest absolute Gasteiger partial charge is 0.335 e. The average Bonchev–Trinajstić information content (AvgIpc) is 2.59. The second-order valence-electron chi connectivity index (χ2n) is 5.62. The van der Waals surface area contributed by atoms with Gasteiger partial charge in [0.2, 0.25) is 5.56 Å². The van der Waals surface area contributed by atoms with E-state index in [1.807, 2.05) is 13.0 Å². The highest BCUT2D eigenvalue weighted by molar-refractivity contribution is 6.06. The molecule has 1 atom stereocenters. The quantitative estimate of drug-likeness (QED) is 0.805. The molecule has 3 rings (SSSR count). The van der Waals surface area contributed by atoms with Crippen molar-refractivity contribution in [3.8, 4) is 0 Å². The van der Waals surface area contributed by atoms with Crippen molar-refractivity contribution >= 4 is 16.8 Å². The van der Waals surface area contributed by atoms with Gasteiger partial charge in [0.25, 0.3) is 5.91 Å². The normalized spacial score (nSPS) is 12.1. The van der Waals surface area contributed by atoms with Crippen LogP contribution in [0.1, 0.15) is 28.9 Å². The summed E-state index contributed by atoms with van der Waals surface area (Å²) in [7, 11) is 1.66. The van der Waals surface area contributed by atoms with Crippen LogP contribution in [0.3, 0.4) is 0 Å². The van der Waals surface area contributed by atoms with Gasteiger partial charge in [-0.05, 0) is 36.8 Å². The van der Waals surface area contributed by atoms with Gasteiger partial charge in [0.05, 0.1) is 17.1 Å². The molecule has 1 N–H and O–H groups in total. The van der Waals surface area contributed by atoms with Crippen LogP contribution >= 0.6 is 0 Å². The van der Waals surface area contributed by atoms with Crippen LogP contribution < -0.4 is 5.56 Å². The predicted molar refractivity (Wildman–Crippen MR) is 89.3 cm³/mol. The number of benzene rings is 1. The summed E-state index contributed by atoms with van der Waals surface area (Å²) in [5, 5.41) is 0.506. The van der Waals surface area contributed by atoms with Gasteiger partial charge >= 0.3 is 0 Å². The topological polar surface area (TPSA) is 66.1 Å². The van der Waals surface area contributed by atoms with Crippen molar-refractivity contribution in [2.75, 3.05) is 7.05 Å². The van der Waals surface area contributed by atoms with Gasteiger partial charge in [-0.3, -0.25) is 14.6 Å². The van der Waals surface area contributed by atoms with Crippen LogP contribution in [0.4, 0.5) is 4.39 Å².